The summed E-state index contributed by atoms with van der Waals surface area (Å²) in [6, 6.07) is 9.60. The van der Waals surface area contributed by atoms with Gasteiger partial charge >= 0.3 is 0 Å². The van der Waals surface area contributed by atoms with Crippen molar-refractivity contribution in [3.8, 4) is 5.75 Å². The van der Waals surface area contributed by atoms with Gasteiger partial charge in [0, 0.05) is 10.6 Å². The number of rotatable bonds is 8. The first-order valence-electron chi connectivity index (χ1n) is 8.60. The summed E-state index contributed by atoms with van der Waals surface area (Å²) in [7, 11) is 0. The summed E-state index contributed by atoms with van der Waals surface area (Å²) in [5, 5.41) is 11.0. The molecular weight excluding hydrogens is 382 g/mol. The highest BCUT2D eigenvalue weighted by atomic mass is 32.2. The van der Waals surface area contributed by atoms with E-state index in [0.29, 0.717) is 16.2 Å². The highest BCUT2D eigenvalue weighted by Gasteiger charge is 2.39. The number of thioether (sulfide) groups is 1. The summed E-state index contributed by atoms with van der Waals surface area (Å²) in [5.74, 6) is 0.488. The molecule has 0 spiro atoms. The average Bonchev–Trinajstić information content (AvgIpc) is 3.21. The zero-order valence-corrected chi connectivity index (χ0v) is 16.9. The average molecular weight is 404 g/mol. The first-order valence-corrected chi connectivity index (χ1v) is 10.5. The van der Waals surface area contributed by atoms with Crippen LogP contribution in [0.3, 0.4) is 0 Å². The summed E-state index contributed by atoms with van der Waals surface area (Å²) >= 11 is 2.65. The smallest absolute Gasteiger partial charge is 0.268 e. The van der Waals surface area contributed by atoms with Gasteiger partial charge in [0.15, 0.2) is 0 Å². The maximum atomic E-state index is 12.9. The van der Waals surface area contributed by atoms with Crippen LogP contribution in [0.2, 0.25) is 0 Å². The number of amides is 2. The summed E-state index contributed by atoms with van der Waals surface area (Å²) in [6.45, 7) is 4.35. The number of nitrogens with zero attached hydrogens (tertiary/aromatic N) is 1. The summed E-state index contributed by atoms with van der Waals surface area (Å²) in [6.07, 6.45) is 0. The molecule has 0 bridgehead atoms. The fourth-order valence-corrected chi connectivity index (χ4v) is 4.65. The number of carbonyl (C=O) groups excluding carboxylic acids is 2. The molecule has 0 saturated heterocycles. The van der Waals surface area contributed by atoms with Crippen LogP contribution in [0.1, 0.15) is 16.0 Å². The monoisotopic (exact) mass is 403 g/mol. The Labute approximate surface area is 166 Å². The Morgan fingerprint density at radius 1 is 1.15 bits per heavy atom. The van der Waals surface area contributed by atoms with Crippen LogP contribution >= 0.6 is 23.1 Å². The zero-order valence-electron chi connectivity index (χ0n) is 15.2. The number of benzene rings is 1. The molecule has 142 valence electrons. The van der Waals surface area contributed by atoms with Crippen molar-refractivity contribution >= 4 is 40.5 Å². The Hall–Kier alpha value is -2.09. The molecule has 1 aromatic carbocycles. The normalized spacial score (nSPS) is 14.4. The van der Waals surface area contributed by atoms with Crippen LogP contribution in [0.4, 0.5) is 0 Å². The molecule has 2 amide bonds. The van der Waals surface area contributed by atoms with E-state index in [9.17, 15) is 9.59 Å². The number of carbonyl (C=O) groups is 2. The van der Waals surface area contributed by atoms with Crippen LogP contribution in [-0.2, 0) is 9.59 Å². The third-order valence-corrected chi connectivity index (χ3v) is 5.95. The van der Waals surface area contributed by atoms with E-state index in [1.807, 2.05) is 43.5 Å². The fraction of sp³-hybridized carbons (Fsp3) is 0.300. The minimum Gasteiger partial charge on any atom is -0.492 e. The second kappa shape index (κ2) is 8.73. The molecule has 1 aromatic heterocycles. The van der Waals surface area contributed by atoms with Crippen molar-refractivity contribution in [3.05, 3.63) is 56.6 Å². The van der Waals surface area contributed by atoms with Gasteiger partial charge in [0.05, 0.1) is 23.6 Å². The molecule has 3 rings (SSSR count). The molecule has 1 N–H and O–H groups in total. The van der Waals surface area contributed by atoms with Gasteiger partial charge in [-0.05, 0) is 48.6 Å². The SMILES string of the molecule is Cc1cc(C)cc(OCCN2C(=O)C(SCCO)=C(c3cccs3)C2=O)c1. The van der Waals surface area contributed by atoms with Gasteiger partial charge in [0.25, 0.3) is 11.8 Å². The Bertz CT molecular complexity index is 854. The van der Waals surface area contributed by atoms with Crippen molar-refractivity contribution in [1.29, 1.82) is 0 Å². The lowest BCUT2D eigenvalue weighted by Gasteiger charge is -2.16. The molecule has 0 radical (unpaired) electrons. The molecule has 2 aromatic rings. The first-order chi connectivity index (χ1) is 13.0. The van der Waals surface area contributed by atoms with Crippen molar-refractivity contribution in [1.82, 2.24) is 4.90 Å². The van der Waals surface area contributed by atoms with Gasteiger partial charge in [-0.3, -0.25) is 14.5 Å². The topological polar surface area (TPSA) is 66.8 Å². The molecule has 0 unspecified atom stereocenters. The van der Waals surface area contributed by atoms with E-state index in [0.717, 1.165) is 21.8 Å². The molecule has 1 aliphatic heterocycles. The molecule has 0 aliphatic carbocycles. The number of aliphatic hydroxyl groups excluding tert-OH is 1. The molecule has 7 heteroatoms. The van der Waals surface area contributed by atoms with E-state index < -0.39 is 0 Å². The number of thiophene rings is 1. The van der Waals surface area contributed by atoms with E-state index in [1.165, 1.54) is 28.0 Å². The van der Waals surface area contributed by atoms with Crippen LogP contribution < -0.4 is 4.74 Å². The van der Waals surface area contributed by atoms with Gasteiger partial charge < -0.3 is 9.84 Å². The molecule has 0 fully saturated rings. The Morgan fingerprint density at radius 3 is 2.52 bits per heavy atom. The first kappa shape index (κ1) is 19.7. The lowest BCUT2D eigenvalue weighted by atomic mass is 10.1. The number of imide groups is 1. The zero-order chi connectivity index (χ0) is 19.4. The Kier molecular flexibility index (Phi) is 6.36. The van der Waals surface area contributed by atoms with Crippen LogP contribution in [0, 0.1) is 13.8 Å². The van der Waals surface area contributed by atoms with Gasteiger partial charge in [-0.15, -0.1) is 23.1 Å². The largest absolute Gasteiger partial charge is 0.492 e. The van der Waals surface area contributed by atoms with E-state index in [-0.39, 0.29) is 31.6 Å². The van der Waals surface area contributed by atoms with Gasteiger partial charge in [-0.25, -0.2) is 0 Å². The van der Waals surface area contributed by atoms with Gasteiger partial charge in [0.2, 0.25) is 0 Å². The summed E-state index contributed by atoms with van der Waals surface area (Å²) in [5.41, 5.74) is 2.63. The lowest BCUT2D eigenvalue weighted by molar-refractivity contribution is -0.136. The minimum absolute atomic E-state index is 0.0524. The predicted octanol–water partition coefficient (Wildman–Crippen LogP) is 3.25. The van der Waals surface area contributed by atoms with E-state index in [4.69, 9.17) is 9.84 Å². The van der Waals surface area contributed by atoms with Gasteiger partial charge in [-0.2, -0.15) is 0 Å². The van der Waals surface area contributed by atoms with Crippen molar-refractivity contribution in [2.75, 3.05) is 25.5 Å². The highest BCUT2D eigenvalue weighted by Crippen LogP contribution is 2.37. The Balaban J connectivity index is 1.72. The van der Waals surface area contributed by atoms with Crippen LogP contribution in [0.5, 0.6) is 5.75 Å². The number of ether oxygens (including phenoxy) is 1. The Morgan fingerprint density at radius 2 is 1.89 bits per heavy atom. The molecule has 1 aliphatic rings. The van der Waals surface area contributed by atoms with Crippen LogP contribution in [-0.4, -0.2) is 47.3 Å². The second-order valence-electron chi connectivity index (χ2n) is 6.19. The molecule has 5 nitrogen and oxygen atoms in total. The predicted molar refractivity (Wildman–Crippen MR) is 109 cm³/mol. The van der Waals surface area contributed by atoms with Gasteiger partial charge in [0.1, 0.15) is 12.4 Å². The van der Waals surface area contributed by atoms with Crippen molar-refractivity contribution in [2.24, 2.45) is 0 Å². The van der Waals surface area contributed by atoms with Crippen molar-refractivity contribution < 1.29 is 19.4 Å². The number of aryl methyl sites for hydroxylation is 2. The number of aliphatic hydroxyl groups is 1. The van der Waals surface area contributed by atoms with E-state index in [1.54, 1.807) is 0 Å². The second-order valence-corrected chi connectivity index (χ2v) is 8.24. The third-order valence-electron chi connectivity index (χ3n) is 4.01. The molecule has 2 heterocycles. The molecular formula is C20H21NO4S2. The van der Waals surface area contributed by atoms with Crippen LogP contribution in [0.25, 0.3) is 5.57 Å². The van der Waals surface area contributed by atoms with Crippen molar-refractivity contribution in [3.63, 3.8) is 0 Å². The third kappa shape index (κ3) is 4.43. The van der Waals surface area contributed by atoms with Gasteiger partial charge in [-0.1, -0.05) is 12.1 Å². The molecule has 0 saturated carbocycles. The lowest BCUT2D eigenvalue weighted by Crippen LogP contribution is -2.35. The highest BCUT2D eigenvalue weighted by molar-refractivity contribution is 8.04. The summed E-state index contributed by atoms with van der Waals surface area (Å²) in [4.78, 5) is 28.0. The van der Waals surface area contributed by atoms with E-state index in [2.05, 4.69) is 6.07 Å². The van der Waals surface area contributed by atoms with Crippen LogP contribution in [0.15, 0.2) is 40.6 Å². The quantitative estimate of drug-likeness (QED) is 0.686. The minimum atomic E-state index is -0.314. The molecule has 0 atom stereocenters. The maximum absolute atomic E-state index is 12.9. The number of hydrogen-bond acceptors (Lipinski definition) is 6. The van der Waals surface area contributed by atoms with Crippen molar-refractivity contribution in [2.45, 2.75) is 13.8 Å². The summed E-state index contributed by atoms with van der Waals surface area (Å²) < 4.78 is 5.76. The fourth-order valence-electron chi connectivity index (χ4n) is 2.95. The number of hydrogen-bond donors (Lipinski definition) is 1. The molecule has 27 heavy (non-hydrogen) atoms. The maximum Gasteiger partial charge on any atom is 0.268 e. The standard InChI is InChI=1S/C20H21NO4S2/c1-13-10-14(2)12-15(11-13)25-7-5-21-19(23)17(16-4-3-8-26-16)18(20(21)24)27-9-6-22/h3-4,8,10-12,22H,5-7,9H2,1-2H3. The van der Waals surface area contributed by atoms with E-state index >= 15 is 0 Å².